The molecule has 0 radical (unpaired) electrons. The minimum atomic E-state index is -4.59. The summed E-state index contributed by atoms with van der Waals surface area (Å²) in [5.41, 5.74) is 2.70. The normalized spacial score (nSPS) is 14.2. The third-order valence-electron chi connectivity index (χ3n) is 5.36. The summed E-state index contributed by atoms with van der Waals surface area (Å²) >= 11 is 0. The fourth-order valence-corrected chi connectivity index (χ4v) is 5.41. The molecule has 0 unspecified atom stereocenters. The summed E-state index contributed by atoms with van der Waals surface area (Å²) in [6.07, 6.45) is 1.14. The van der Waals surface area contributed by atoms with E-state index in [9.17, 15) is 22.8 Å². The molecular weight excluding hydrogens is 562 g/mol. The Hall–Kier alpha value is -1.49. The average molecular weight is 614 g/mol. The predicted molar refractivity (Wildman–Crippen MR) is 155 cm³/mol. The molecule has 0 saturated carbocycles. The third-order valence-corrected chi connectivity index (χ3v) is 7.35. The summed E-state index contributed by atoms with van der Waals surface area (Å²) in [6, 6.07) is 3.92. The van der Waals surface area contributed by atoms with E-state index in [1.54, 1.807) is 47.6 Å². The highest BCUT2D eigenvalue weighted by atomic mass is 31.2. The van der Waals surface area contributed by atoms with E-state index in [1.807, 2.05) is 0 Å². The minimum absolute atomic E-state index is 0.0590. The van der Waals surface area contributed by atoms with E-state index in [4.69, 9.17) is 28.8 Å². The predicted octanol–water partition coefficient (Wildman–Crippen LogP) is 7.64. The molecule has 0 bridgehead atoms. The number of hydrogen-bond donors (Lipinski definition) is 2. The van der Waals surface area contributed by atoms with Crippen LogP contribution in [0.4, 0.5) is 13.2 Å². The van der Waals surface area contributed by atoms with Gasteiger partial charge < -0.3 is 20.4 Å². The number of halogens is 3. The molecule has 0 aliphatic rings. The standard InChI is InChI=1S/C27H47F3NO6P.C2H4O/c1-8-9-10-11-12-17-34-23-14-13-21(18-22(23)27(28,29)30)15-16-26(31,19-32)20-35-38(33,36-24(2,3)4)37-25(5,6)7;1-2-3/h13-14,18,32H,8-12,15-17,19-20,31H2,1-7H3;2H,1H3/t26-;/m1./s1. The second-order valence-corrected chi connectivity index (χ2v) is 13.5. The van der Waals surface area contributed by atoms with E-state index < -0.39 is 49.5 Å². The number of phosphoric acid groups is 1. The van der Waals surface area contributed by atoms with Crippen LogP contribution in [-0.4, -0.2) is 48.0 Å². The second-order valence-electron chi connectivity index (χ2n) is 12.0. The lowest BCUT2D eigenvalue weighted by atomic mass is 9.93. The molecule has 0 aromatic heterocycles. The number of aliphatic hydroxyl groups is 1. The second kappa shape index (κ2) is 17.6. The lowest BCUT2D eigenvalue weighted by molar-refractivity contribution is -0.139. The van der Waals surface area contributed by atoms with Crippen molar-refractivity contribution in [2.24, 2.45) is 5.73 Å². The lowest BCUT2D eigenvalue weighted by Gasteiger charge is -2.34. The number of aryl methyl sites for hydroxylation is 1. The first-order valence-corrected chi connectivity index (χ1v) is 15.5. The van der Waals surface area contributed by atoms with Crippen molar-refractivity contribution in [3.05, 3.63) is 29.3 Å². The number of ether oxygens (including phenoxy) is 1. The van der Waals surface area contributed by atoms with Gasteiger partial charge in [0.15, 0.2) is 0 Å². The van der Waals surface area contributed by atoms with Gasteiger partial charge in [0.1, 0.15) is 12.0 Å². The third kappa shape index (κ3) is 17.9. The fraction of sp³-hybridized carbons (Fsp3) is 0.759. The molecule has 0 amide bonds. The summed E-state index contributed by atoms with van der Waals surface area (Å²) in [6.45, 7) is 12.9. The van der Waals surface area contributed by atoms with E-state index in [0.29, 0.717) is 12.0 Å². The minimum Gasteiger partial charge on any atom is -0.493 e. The molecule has 0 fully saturated rings. The summed E-state index contributed by atoms with van der Waals surface area (Å²) in [7, 11) is -4.08. The zero-order valence-electron chi connectivity index (χ0n) is 25.9. The van der Waals surface area contributed by atoms with Crippen LogP contribution in [0.15, 0.2) is 18.2 Å². The Labute approximate surface area is 244 Å². The van der Waals surface area contributed by atoms with Crippen LogP contribution in [0.5, 0.6) is 5.75 Å². The number of hydrogen-bond acceptors (Lipinski definition) is 8. The molecule has 0 spiro atoms. The number of carbonyl (C=O) groups excluding carboxylic acids is 1. The van der Waals surface area contributed by atoms with E-state index in [-0.39, 0.29) is 25.2 Å². The Kier molecular flexibility index (Phi) is 16.9. The van der Waals surface area contributed by atoms with Crippen LogP contribution in [0.2, 0.25) is 0 Å². The summed E-state index contributed by atoms with van der Waals surface area (Å²) in [5.74, 6) is -0.208. The number of phosphoric ester groups is 1. The van der Waals surface area contributed by atoms with Crippen LogP contribution in [-0.2, 0) is 35.5 Å². The molecule has 240 valence electrons. The number of unbranched alkanes of at least 4 members (excludes halogenated alkanes) is 4. The Bertz CT molecular complexity index is 926. The zero-order chi connectivity index (χ0) is 32.0. The summed E-state index contributed by atoms with van der Waals surface area (Å²) < 4.78 is 76.6. The maximum absolute atomic E-state index is 13.7. The number of carbonyl (C=O) groups is 1. The van der Waals surface area contributed by atoms with Crippen LogP contribution in [0.25, 0.3) is 0 Å². The lowest BCUT2D eigenvalue weighted by Crippen LogP contribution is -2.48. The fourth-order valence-electron chi connectivity index (χ4n) is 3.51. The van der Waals surface area contributed by atoms with E-state index in [2.05, 4.69) is 6.92 Å². The van der Waals surface area contributed by atoms with Gasteiger partial charge in [0, 0.05) is 0 Å². The maximum atomic E-state index is 13.7. The van der Waals surface area contributed by atoms with E-state index in [1.165, 1.54) is 13.0 Å². The Morgan fingerprint density at radius 2 is 1.51 bits per heavy atom. The molecule has 1 aromatic rings. The van der Waals surface area contributed by atoms with Crippen molar-refractivity contribution in [2.45, 2.75) is 123 Å². The Balaban J connectivity index is 0.00000509. The smallest absolute Gasteiger partial charge is 0.475 e. The quantitative estimate of drug-likeness (QED) is 0.111. The van der Waals surface area contributed by atoms with Crippen molar-refractivity contribution >= 4 is 14.1 Å². The van der Waals surface area contributed by atoms with E-state index in [0.717, 1.165) is 38.0 Å². The molecule has 0 heterocycles. The number of nitrogens with two attached hydrogens (primary N) is 1. The van der Waals surface area contributed by atoms with Crippen molar-refractivity contribution in [2.75, 3.05) is 19.8 Å². The van der Waals surface area contributed by atoms with Crippen LogP contribution in [0.1, 0.15) is 105 Å². The van der Waals surface area contributed by atoms with Gasteiger partial charge in [-0.15, -0.1) is 0 Å². The molecule has 0 aliphatic carbocycles. The van der Waals surface area contributed by atoms with Crippen LogP contribution in [0, 0.1) is 0 Å². The molecule has 0 saturated heterocycles. The highest BCUT2D eigenvalue weighted by Gasteiger charge is 2.40. The van der Waals surface area contributed by atoms with Crippen LogP contribution in [0.3, 0.4) is 0 Å². The number of benzene rings is 1. The van der Waals surface area contributed by atoms with Gasteiger partial charge in [-0.2, -0.15) is 13.2 Å². The van der Waals surface area contributed by atoms with Gasteiger partial charge in [-0.25, -0.2) is 4.57 Å². The van der Waals surface area contributed by atoms with Gasteiger partial charge >= 0.3 is 14.0 Å². The van der Waals surface area contributed by atoms with Gasteiger partial charge in [-0.3, -0.25) is 13.6 Å². The van der Waals surface area contributed by atoms with Gasteiger partial charge in [0.25, 0.3) is 0 Å². The maximum Gasteiger partial charge on any atom is 0.475 e. The average Bonchev–Trinajstić information content (AvgIpc) is 2.81. The molecule has 1 rings (SSSR count). The Morgan fingerprint density at radius 1 is 0.976 bits per heavy atom. The number of rotatable bonds is 16. The molecule has 1 aromatic carbocycles. The first kappa shape index (κ1) is 39.5. The molecular formula is C29H51F3NO7P. The number of alkyl halides is 3. The van der Waals surface area contributed by atoms with Crippen LogP contribution >= 0.6 is 7.82 Å². The molecule has 8 nitrogen and oxygen atoms in total. The molecule has 12 heteroatoms. The summed E-state index contributed by atoms with van der Waals surface area (Å²) in [5, 5.41) is 9.95. The van der Waals surface area contributed by atoms with Crippen molar-refractivity contribution in [3.63, 3.8) is 0 Å². The van der Waals surface area contributed by atoms with Gasteiger partial charge in [-0.1, -0.05) is 38.7 Å². The monoisotopic (exact) mass is 613 g/mol. The van der Waals surface area contributed by atoms with Crippen LogP contribution < -0.4 is 10.5 Å². The van der Waals surface area contributed by atoms with Crippen molar-refractivity contribution in [1.29, 1.82) is 0 Å². The number of aliphatic hydroxyl groups excluding tert-OH is 1. The molecule has 0 aliphatic heterocycles. The Morgan fingerprint density at radius 3 is 1.98 bits per heavy atom. The SMILES string of the molecule is CC=O.CCCCCCCOc1ccc(CC[C@@](N)(CO)COP(=O)(OC(C)(C)C)OC(C)(C)C)cc1C(F)(F)F. The highest BCUT2D eigenvalue weighted by molar-refractivity contribution is 7.48. The van der Waals surface area contributed by atoms with Crippen molar-refractivity contribution in [3.8, 4) is 5.75 Å². The topological polar surface area (TPSA) is 117 Å². The van der Waals surface area contributed by atoms with Gasteiger partial charge in [-0.05, 0) is 85.4 Å². The van der Waals surface area contributed by atoms with Crippen molar-refractivity contribution < 1.29 is 45.9 Å². The first-order chi connectivity index (χ1) is 18.7. The molecule has 41 heavy (non-hydrogen) atoms. The number of aldehydes is 1. The summed E-state index contributed by atoms with van der Waals surface area (Å²) in [4.78, 5) is 8.81. The molecule has 3 N–H and O–H groups in total. The van der Waals surface area contributed by atoms with Crippen molar-refractivity contribution in [1.82, 2.24) is 0 Å². The highest BCUT2D eigenvalue weighted by Crippen LogP contribution is 2.55. The van der Waals surface area contributed by atoms with Gasteiger partial charge in [0.2, 0.25) is 0 Å². The van der Waals surface area contributed by atoms with E-state index >= 15 is 0 Å². The van der Waals surface area contributed by atoms with Gasteiger partial charge in [0.05, 0.1) is 42.1 Å². The first-order valence-electron chi connectivity index (χ1n) is 14.0. The largest absolute Gasteiger partial charge is 0.493 e. The zero-order valence-corrected chi connectivity index (χ0v) is 26.8. The molecule has 1 atom stereocenters.